The number of aryl methyl sites for hydroxylation is 1. The van der Waals surface area contributed by atoms with Crippen molar-refractivity contribution in [3.05, 3.63) is 21.6 Å². The molecule has 3 rings (SSSR count). The quantitative estimate of drug-likeness (QED) is 0.843. The Kier molecular flexibility index (Phi) is 4.54. The molecule has 1 amide bonds. The summed E-state index contributed by atoms with van der Waals surface area (Å²) in [4.78, 5) is 29.0. The van der Waals surface area contributed by atoms with Crippen molar-refractivity contribution in [1.82, 2.24) is 14.9 Å². The van der Waals surface area contributed by atoms with E-state index in [0.29, 0.717) is 18.5 Å². The van der Waals surface area contributed by atoms with Crippen LogP contribution in [0.5, 0.6) is 0 Å². The number of thioether (sulfide) groups is 1. The molecule has 0 bridgehead atoms. The molecular formula is C15H21N3O3S. The molecule has 1 fully saturated rings. The number of hydrogen-bond acceptors (Lipinski definition) is 5. The van der Waals surface area contributed by atoms with Gasteiger partial charge in [-0.2, -0.15) is 0 Å². The van der Waals surface area contributed by atoms with Gasteiger partial charge in [0.05, 0.1) is 12.1 Å². The Morgan fingerprint density at radius 2 is 2.32 bits per heavy atom. The lowest BCUT2D eigenvalue weighted by molar-refractivity contribution is -0.122. The number of ether oxygens (including phenoxy) is 1. The van der Waals surface area contributed by atoms with Crippen LogP contribution in [0.3, 0.4) is 0 Å². The first-order valence-corrected chi connectivity index (χ1v) is 8.65. The minimum absolute atomic E-state index is 0.0237. The van der Waals surface area contributed by atoms with E-state index in [2.05, 4.69) is 10.3 Å². The standard InChI is InChI=1S/C15H21N3O3S/c1-9-10(2)17-15-18(14(9)20)11(8-22-15)6-13(19)16-7-12-4-3-5-21-12/h11-12H,3-8H2,1-2H3,(H,16,19)/t11-,12-/m0/s1. The summed E-state index contributed by atoms with van der Waals surface area (Å²) >= 11 is 1.55. The summed E-state index contributed by atoms with van der Waals surface area (Å²) in [6.45, 7) is 4.98. The highest BCUT2D eigenvalue weighted by Crippen LogP contribution is 2.32. The lowest BCUT2D eigenvalue weighted by Crippen LogP contribution is -2.35. The number of hydrogen-bond donors (Lipinski definition) is 1. The van der Waals surface area contributed by atoms with Crippen LogP contribution >= 0.6 is 11.8 Å². The lowest BCUT2D eigenvalue weighted by atomic mass is 10.2. The number of aromatic nitrogens is 2. The van der Waals surface area contributed by atoms with Crippen molar-refractivity contribution in [2.24, 2.45) is 0 Å². The zero-order valence-corrected chi connectivity index (χ0v) is 13.7. The lowest BCUT2D eigenvalue weighted by Gasteiger charge is -2.15. The van der Waals surface area contributed by atoms with Gasteiger partial charge in [0.15, 0.2) is 5.16 Å². The summed E-state index contributed by atoms with van der Waals surface area (Å²) < 4.78 is 7.17. The number of fused-ring (bicyclic) bond motifs is 1. The fourth-order valence-corrected chi connectivity index (χ4v) is 4.02. The normalized spacial score (nSPS) is 23.5. The molecule has 0 aliphatic carbocycles. The molecule has 2 aliphatic rings. The molecule has 120 valence electrons. The highest BCUT2D eigenvalue weighted by molar-refractivity contribution is 7.99. The average molecular weight is 323 g/mol. The first kappa shape index (κ1) is 15.6. The Morgan fingerprint density at radius 1 is 1.50 bits per heavy atom. The van der Waals surface area contributed by atoms with Crippen LogP contribution in [0.1, 0.15) is 36.6 Å². The van der Waals surface area contributed by atoms with Gasteiger partial charge in [-0.05, 0) is 26.7 Å². The third-order valence-corrected chi connectivity index (χ3v) is 5.39. The smallest absolute Gasteiger partial charge is 0.257 e. The van der Waals surface area contributed by atoms with Crippen LogP contribution in [0.4, 0.5) is 0 Å². The largest absolute Gasteiger partial charge is 0.376 e. The second-order valence-corrected chi connectivity index (χ2v) is 6.88. The molecule has 0 unspecified atom stereocenters. The summed E-state index contributed by atoms with van der Waals surface area (Å²) in [5.74, 6) is 0.692. The van der Waals surface area contributed by atoms with Gasteiger partial charge in [-0.15, -0.1) is 0 Å². The number of carbonyl (C=O) groups excluding carboxylic acids is 1. The monoisotopic (exact) mass is 323 g/mol. The van der Waals surface area contributed by atoms with Crippen LogP contribution in [-0.4, -0.2) is 40.5 Å². The summed E-state index contributed by atoms with van der Waals surface area (Å²) in [6.07, 6.45) is 2.52. The van der Waals surface area contributed by atoms with Gasteiger partial charge >= 0.3 is 0 Å². The SMILES string of the molecule is Cc1nc2n(c(=O)c1C)[C@@H](CC(=O)NC[C@@H]1CCCO1)CS2. The summed E-state index contributed by atoms with van der Waals surface area (Å²) in [6, 6.07) is -0.108. The van der Waals surface area contributed by atoms with Crippen LogP contribution in [0.2, 0.25) is 0 Å². The molecule has 0 aromatic carbocycles. The second kappa shape index (κ2) is 6.42. The molecule has 1 aromatic rings. The van der Waals surface area contributed by atoms with Gasteiger partial charge in [0.2, 0.25) is 5.91 Å². The van der Waals surface area contributed by atoms with Crippen LogP contribution < -0.4 is 10.9 Å². The van der Waals surface area contributed by atoms with E-state index in [-0.39, 0.29) is 23.6 Å². The molecule has 0 radical (unpaired) electrons. The average Bonchev–Trinajstić information content (AvgIpc) is 3.13. The van der Waals surface area contributed by atoms with E-state index in [0.717, 1.165) is 36.1 Å². The third-order valence-electron chi connectivity index (χ3n) is 4.29. The van der Waals surface area contributed by atoms with Crippen molar-refractivity contribution in [2.45, 2.75) is 50.4 Å². The van der Waals surface area contributed by atoms with E-state index in [9.17, 15) is 9.59 Å². The Hall–Kier alpha value is -1.34. The van der Waals surface area contributed by atoms with Crippen molar-refractivity contribution in [3.8, 4) is 0 Å². The van der Waals surface area contributed by atoms with Gasteiger partial charge in [-0.25, -0.2) is 4.98 Å². The van der Waals surface area contributed by atoms with Gasteiger partial charge in [-0.1, -0.05) is 11.8 Å². The van der Waals surface area contributed by atoms with Gasteiger partial charge in [-0.3, -0.25) is 14.2 Å². The minimum atomic E-state index is -0.108. The van der Waals surface area contributed by atoms with Crippen LogP contribution in [-0.2, 0) is 9.53 Å². The molecule has 7 heteroatoms. The second-order valence-electron chi connectivity index (χ2n) is 5.89. The summed E-state index contributed by atoms with van der Waals surface area (Å²) in [7, 11) is 0. The third kappa shape index (κ3) is 3.05. The van der Waals surface area contributed by atoms with E-state index < -0.39 is 0 Å². The van der Waals surface area contributed by atoms with Crippen molar-refractivity contribution in [3.63, 3.8) is 0 Å². The fourth-order valence-electron chi connectivity index (χ4n) is 2.84. The molecule has 1 aromatic heterocycles. The van der Waals surface area contributed by atoms with Crippen LogP contribution in [0, 0.1) is 13.8 Å². The molecule has 0 spiro atoms. The topological polar surface area (TPSA) is 73.2 Å². The summed E-state index contributed by atoms with van der Waals surface area (Å²) in [5.41, 5.74) is 1.41. The first-order valence-electron chi connectivity index (χ1n) is 7.67. The Labute approximate surface area is 133 Å². The first-order chi connectivity index (χ1) is 10.6. The molecule has 2 aliphatic heterocycles. The van der Waals surface area contributed by atoms with Gasteiger partial charge in [0.25, 0.3) is 5.56 Å². The minimum Gasteiger partial charge on any atom is -0.376 e. The molecular weight excluding hydrogens is 302 g/mol. The highest BCUT2D eigenvalue weighted by atomic mass is 32.2. The highest BCUT2D eigenvalue weighted by Gasteiger charge is 2.28. The van der Waals surface area contributed by atoms with Crippen LogP contribution in [0.25, 0.3) is 0 Å². The van der Waals surface area contributed by atoms with Crippen molar-refractivity contribution < 1.29 is 9.53 Å². The molecule has 1 saturated heterocycles. The van der Waals surface area contributed by atoms with Crippen LogP contribution in [0.15, 0.2) is 9.95 Å². The Balaban J connectivity index is 1.64. The van der Waals surface area contributed by atoms with Crippen molar-refractivity contribution in [2.75, 3.05) is 18.9 Å². The van der Waals surface area contributed by atoms with E-state index in [1.54, 1.807) is 23.3 Å². The Bertz CT molecular complexity index is 638. The maximum atomic E-state index is 12.4. The van der Waals surface area contributed by atoms with Crippen molar-refractivity contribution >= 4 is 17.7 Å². The molecule has 22 heavy (non-hydrogen) atoms. The summed E-state index contributed by atoms with van der Waals surface area (Å²) in [5, 5.41) is 3.65. The molecule has 6 nitrogen and oxygen atoms in total. The molecule has 0 saturated carbocycles. The molecule has 2 atom stereocenters. The number of nitrogens with one attached hydrogen (secondary N) is 1. The number of amides is 1. The van der Waals surface area contributed by atoms with E-state index in [1.807, 2.05) is 6.92 Å². The van der Waals surface area contributed by atoms with Crippen molar-refractivity contribution in [1.29, 1.82) is 0 Å². The van der Waals surface area contributed by atoms with Gasteiger partial charge in [0.1, 0.15) is 0 Å². The number of nitrogens with zero attached hydrogens (tertiary/aromatic N) is 2. The maximum Gasteiger partial charge on any atom is 0.257 e. The maximum absolute atomic E-state index is 12.4. The van der Waals surface area contributed by atoms with E-state index in [4.69, 9.17) is 4.74 Å². The fraction of sp³-hybridized carbons (Fsp3) is 0.667. The zero-order valence-electron chi connectivity index (χ0n) is 12.9. The van der Waals surface area contributed by atoms with E-state index >= 15 is 0 Å². The predicted octanol–water partition coefficient (Wildman–Crippen LogP) is 1.19. The van der Waals surface area contributed by atoms with E-state index in [1.165, 1.54) is 0 Å². The number of carbonyl (C=O) groups is 1. The Morgan fingerprint density at radius 3 is 3.05 bits per heavy atom. The van der Waals surface area contributed by atoms with Gasteiger partial charge < -0.3 is 10.1 Å². The molecule has 3 heterocycles. The van der Waals surface area contributed by atoms with Gasteiger partial charge in [0, 0.05) is 36.6 Å². The predicted molar refractivity (Wildman–Crippen MR) is 84.3 cm³/mol. The molecule has 1 N–H and O–H groups in total. The number of rotatable bonds is 4. The zero-order chi connectivity index (χ0) is 15.7.